The Hall–Kier alpha value is -1.95. The van der Waals surface area contributed by atoms with Crippen molar-refractivity contribution in [2.24, 2.45) is 13.0 Å². The van der Waals surface area contributed by atoms with E-state index in [1.54, 1.807) is 6.33 Å². The fourth-order valence-corrected chi connectivity index (χ4v) is 4.07. The van der Waals surface area contributed by atoms with Crippen molar-refractivity contribution in [2.75, 3.05) is 18.5 Å². The molecule has 1 aliphatic heterocycles. The Morgan fingerprint density at radius 1 is 1.16 bits per heavy atom. The number of anilines is 1. The van der Waals surface area contributed by atoms with E-state index in [9.17, 15) is 0 Å². The second-order valence-electron chi connectivity index (χ2n) is 7.18. The Kier molecular flexibility index (Phi) is 4.97. The maximum absolute atomic E-state index is 6.08. The number of aromatic nitrogens is 4. The molecule has 3 heterocycles. The van der Waals surface area contributed by atoms with E-state index >= 15 is 0 Å². The van der Waals surface area contributed by atoms with Crippen molar-refractivity contribution in [3.63, 3.8) is 0 Å². The van der Waals surface area contributed by atoms with Gasteiger partial charge in [0, 0.05) is 49.8 Å². The summed E-state index contributed by atoms with van der Waals surface area (Å²) in [5.41, 5.74) is 2.56. The van der Waals surface area contributed by atoms with Crippen LogP contribution >= 0.6 is 0 Å². The van der Waals surface area contributed by atoms with E-state index in [-0.39, 0.29) is 6.10 Å². The van der Waals surface area contributed by atoms with Gasteiger partial charge in [-0.2, -0.15) is 0 Å². The standard InChI is InChI=1S/C19H27N5O/c1-24-10-9-20-19(24)17-14(6-5-11-25-17)12-21-18-15-7-3-2-4-8-16(15)22-13-23-18/h9-10,13-14,17H,2-8,11-12H2,1H3,(H,21,22,23)/t14-,17+/m0/s1. The summed E-state index contributed by atoms with van der Waals surface area (Å²) in [6, 6.07) is 0. The van der Waals surface area contributed by atoms with E-state index in [1.165, 1.54) is 30.5 Å². The Balaban J connectivity index is 1.49. The van der Waals surface area contributed by atoms with Gasteiger partial charge in [0.15, 0.2) is 0 Å². The summed E-state index contributed by atoms with van der Waals surface area (Å²) in [5.74, 6) is 2.45. The normalized spacial score (nSPS) is 23.7. The number of hydrogen-bond acceptors (Lipinski definition) is 5. The zero-order valence-corrected chi connectivity index (χ0v) is 14.9. The van der Waals surface area contributed by atoms with Crippen LogP contribution in [0.3, 0.4) is 0 Å². The molecule has 0 unspecified atom stereocenters. The van der Waals surface area contributed by atoms with Gasteiger partial charge >= 0.3 is 0 Å². The molecule has 2 aliphatic rings. The third kappa shape index (κ3) is 3.54. The van der Waals surface area contributed by atoms with Crippen molar-refractivity contribution in [3.8, 4) is 0 Å². The summed E-state index contributed by atoms with van der Waals surface area (Å²) in [7, 11) is 2.04. The minimum absolute atomic E-state index is 0.0571. The molecule has 1 saturated heterocycles. The average molecular weight is 341 g/mol. The first-order valence-corrected chi connectivity index (χ1v) is 9.48. The molecule has 134 valence electrons. The Morgan fingerprint density at radius 3 is 2.96 bits per heavy atom. The highest BCUT2D eigenvalue weighted by atomic mass is 16.5. The van der Waals surface area contributed by atoms with Gasteiger partial charge in [0.05, 0.1) is 0 Å². The molecule has 2 aromatic rings. The predicted molar refractivity (Wildman–Crippen MR) is 96.4 cm³/mol. The van der Waals surface area contributed by atoms with Gasteiger partial charge in [0.2, 0.25) is 0 Å². The molecular formula is C19H27N5O. The maximum Gasteiger partial charge on any atom is 0.138 e. The van der Waals surface area contributed by atoms with Crippen LogP contribution in [-0.2, 0) is 24.6 Å². The minimum atomic E-state index is 0.0571. The Labute approximate surface area is 149 Å². The lowest BCUT2D eigenvalue weighted by molar-refractivity contribution is -0.0305. The largest absolute Gasteiger partial charge is 0.370 e. The smallest absolute Gasteiger partial charge is 0.138 e. The highest BCUT2D eigenvalue weighted by molar-refractivity contribution is 5.46. The zero-order valence-electron chi connectivity index (χ0n) is 14.9. The highest BCUT2D eigenvalue weighted by Crippen LogP contribution is 2.33. The number of aryl methyl sites for hydroxylation is 2. The van der Waals surface area contributed by atoms with E-state index in [0.717, 1.165) is 50.5 Å². The van der Waals surface area contributed by atoms with Crippen LogP contribution in [0.25, 0.3) is 0 Å². The average Bonchev–Trinajstić information content (AvgIpc) is 2.92. The molecule has 2 aromatic heterocycles. The third-order valence-electron chi connectivity index (χ3n) is 5.46. The van der Waals surface area contributed by atoms with Gasteiger partial charge in [0.1, 0.15) is 24.1 Å². The molecule has 0 saturated carbocycles. The molecule has 0 amide bonds. The molecule has 2 atom stereocenters. The maximum atomic E-state index is 6.08. The lowest BCUT2D eigenvalue weighted by Crippen LogP contribution is -2.30. The summed E-state index contributed by atoms with van der Waals surface area (Å²) < 4.78 is 8.15. The van der Waals surface area contributed by atoms with E-state index in [0.29, 0.717) is 5.92 Å². The van der Waals surface area contributed by atoms with Gasteiger partial charge in [-0.25, -0.2) is 15.0 Å². The fourth-order valence-electron chi connectivity index (χ4n) is 4.07. The molecule has 1 aliphatic carbocycles. The van der Waals surface area contributed by atoms with Gasteiger partial charge in [0.25, 0.3) is 0 Å². The first-order valence-electron chi connectivity index (χ1n) is 9.48. The SMILES string of the molecule is Cn1ccnc1[C@@H]1OCCC[C@H]1CNc1ncnc2c1CCCCC2. The molecule has 6 heteroatoms. The number of ether oxygens (including phenoxy) is 1. The quantitative estimate of drug-likeness (QED) is 0.866. The van der Waals surface area contributed by atoms with Crippen molar-refractivity contribution in [1.82, 2.24) is 19.5 Å². The van der Waals surface area contributed by atoms with Crippen LogP contribution in [-0.4, -0.2) is 32.7 Å². The van der Waals surface area contributed by atoms with Crippen LogP contribution in [0, 0.1) is 5.92 Å². The summed E-state index contributed by atoms with van der Waals surface area (Å²) >= 11 is 0. The molecule has 1 N–H and O–H groups in total. The van der Waals surface area contributed by atoms with E-state index in [4.69, 9.17) is 4.74 Å². The van der Waals surface area contributed by atoms with Gasteiger partial charge in [-0.05, 0) is 38.5 Å². The predicted octanol–water partition coefficient (Wildman–Crippen LogP) is 3.06. The van der Waals surface area contributed by atoms with Crippen LogP contribution < -0.4 is 5.32 Å². The number of imidazole rings is 1. The van der Waals surface area contributed by atoms with Crippen LogP contribution in [0.2, 0.25) is 0 Å². The lowest BCUT2D eigenvalue weighted by atomic mass is 9.93. The summed E-state index contributed by atoms with van der Waals surface area (Å²) in [6.45, 7) is 1.68. The topological polar surface area (TPSA) is 64.9 Å². The van der Waals surface area contributed by atoms with Crippen molar-refractivity contribution < 1.29 is 4.74 Å². The second kappa shape index (κ2) is 7.52. The summed E-state index contributed by atoms with van der Waals surface area (Å²) in [4.78, 5) is 13.6. The number of nitrogens with zero attached hydrogens (tertiary/aromatic N) is 4. The van der Waals surface area contributed by atoms with Gasteiger partial charge < -0.3 is 14.6 Å². The van der Waals surface area contributed by atoms with Gasteiger partial charge in [-0.3, -0.25) is 0 Å². The lowest BCUT2D eigenvalue weighted by Gasteiger charge is -2.31. The summed E-state index contributed by atoms with van der Waals surface area (Å²) in [6.07, 6.45) is 13.8. The minimum Gasteiger partial charge on any atom is -0.370 e. The molecule has 0 spiro atoms. The number of fused-ring (bicyclic) bond motifs is 1. The first kappa shape index (κ1) is 16.5. The Morgan fingerprint density at radius 2 is 2.08 bits per heavy atom. The molecular weight excluding hydrogens is 314 g/mol. The first-order chi connectivity index (χ1) is 12.3. The molecule has 0 aromatic carbocycles. The van der Waals surface area contributed by atoms with E-state index in [2.05, 4.69) is 24.8 Å². The molecule has 25 heavy (non-hydrogen) atoms. The number of nitrogens with one attached hydrogen (secondary N) is 1. The molecule has 1 fully saturated rings. The molecule has 4 rings (SSSR count). The Bertz CT molecular complexity index is 714. The van der Waals surface area contributed by atoms with E-state index < -0.39 is 0 Å². The van der Waals surface area contributed by atoms with Gasteiger partial charge in [-0.1, -0.05) is 6.42 Å². The third-order valence-corrected chi connectivity index (χ3v) is 5.46. The fraction of sp³-hybridized carbons (Fsp3) is 0.632. The molecule has 0 bridgehead atoms. The van der Waals surface area contributed by atoms with Gasteiger partial charge in [-0.15, -0.1) is 0 Å². The highest BCUT2D eigenvalue weighted by Gasteiger charge is 2.30. The van der Waals surface area contributed by atoms with Crippen molar-refractivity contribution in [3.05, 3.63) is 35.8 Å². The van der Waals surface area contributed by atoms with Crippen LogP contribution in [0.1, 0.15) is 55.3 Å². The zero-order chi connectivity index (χ0) is 17.1. The van der Waals surface area contributed by atoms with Crippen molar-refractivity contribution >= 4 is 5.82 Å². The summed E-state index contributed by atoms with van der Waals surface area (Å²) in [5, 5.41) is 3.61. The number of hydrogen-bond donors (Lipinski definition) is 1. The second-order valence-corrected chi connectivity index (χ2v) is 7.18. The molecule has 6 nitrogen and oxygen atoms in total. The van der Waals surface area contributed by atoms with Crippen LogP contribution in [0.15, 0.2) is 18.7 Å². The van der Waals surface area contributed by atoms with Crippen LogP contribution in [0.4, 0.5) is 5.82 Å². The van der Waals surface area contributed by atoms with Crippen molar-refractivity contribution in [2.45, 2.75) is 51.0 Å². The number of rotatable bonds is 4. The molecule has 0 radical (unpaired) electrons. The van der Waals surface area contributed by atoms with Crippen LogP contribution in [0.5, 0.6) is 0 Å². The van der Waals surface area contributed by atoms with Crippen molar-refractivity contribution in [1.29, 1.82) is 0 Å². The monoisotopic (exact) mass is 341 g/mol. The van der Waals surface area contributed by atoms with E-state index in [1.807, 2.05) is 19.4 Å².